The molecule has 4 aromatic rings. The van der Waals surface area contributed by atoms with Crippen LogP contribution in [0.3, 0.4) is 0 Å². The molecule has 2 heterocycles. The summed E-state index contributed by atoms with van der Waals surface area (Å²) in [5.41, 5.74) is 4.26. The lowest BCUT2D eigenvalue weighted by Gasteiger charge is -2.31. The number of rotatable bonds is 5. The molecule has 1 aliphatic heterocycles. The molecule has 0 aliphatic carbocycles. The van der Waals surface area contributed by atoms with Crippen molar-refractivity contribution in [1.82, 2.24) is 4.98 Å². The molecule has 0 spiro atoms. The maximum Gasteiger partial charge on any atom is 0.268 e. The van der Waals surface area contributed by atoms with E-state index in [1.54, 1.807) is 12.3 Å². The van der Waals surface area contributed by atoms with Crippen molar-refractivity contribution in [3.05, 3.63) is 89.6 Å². The zero-order valence-corrected chi connectivity index (χ0v) is 20.3. The van der Waals surface area contributed by atoms with Crippen LogP contribution in [0, 0.1) is 6.92 Å². The Morgan fingerprint density at radius 1 is 1.06 bits per heavy atom. The predicted molar refractivity (Wildman–Crippen MR) is 137 cm³/mol. The highest BCUT2D eigenvalue weighted by Gasteiger charge is 2.32. The van der Waals surface area contributed by atoms with E-state index in [4.69, 9.17) is 4.74 Å². The normalized spacial score (nSPS) is 13.4. The van der Waals surface area contributed by atoms with Crippen molar-refractivity contribution in [3.8, 4) is 5.75 Å². The number of benzene rings is 3. The number of nitrogens with one attached hydrogen (secondary N) is 1. The van der Waals surface area contributed by atoms with Gasteiger partial charge in [0.25, 0.3) is 15.9 Å². The molecule has 0 saturated carbocycles. The number of carbonyl (C=O) groups is 1. The van der Waals surface area contributed by atoms with Gasteiger partial charge in [0.05, 0.1) is 24.0 Å². The van der Waals surface area contributed by atoms with Gasteiger partial charge in [-0.2, -0.15) is 0 Å². The van der Waals surface area contributed by atoms with E-state index in [1.165, 1.54) is 23.5 Å². The first kappa shape index (κ1) is 22.9. The minimum absolute atomic E-state index is 0.0419. The summed E-state index contributed by atoms with van der Waals surface area (Å²) in [5.74, 6) is -0.230. The lowest BCUT2D eigenvalue weighted by atomic mass is 10.0. The summed E-state index contributed by atoms with van der Waals surface area (Å²) < 4.78 is 34.4. The number of ether oxygens (including phenoxy) is 1. The second-order valence-electron chi connectivity index (χ2n) is 8.46. The molecule has 1 amide bonds. The van der Waals surface area contributed by atoms with Crippen LogP contribution in [-0.2, 0) is 16.4 Å². The largest absolute Gasteiger partial charge is 0.495 e. The molecular formula is C27H25N3O4S. The van der Waals surface area contributed by atoms with Gasteiger partial charge in [0.2, 0.25) is 0 Å². The molecule has 35 heavy (non-hydrogen) atoms. The molecule has 3 aromatic carbocycles. The summed E-state index contributed by atoms with van der Waals surface area (Å²) in [5, 5.41) is 3.72. The van der Waals surface area contributed by atoms with Crippen LogP contribution in [0.4, 0.5) is 11.4 Å². The summed E-state index contributed by atoms with van der Waals surface area (Å²) in [6, 6.07) is 19.4. The van der Waals surface area contributed by atoms with Gasteiger partial charge >= 0.3 is 0 Å². The number of anilines is 2. The van der Waals surface area contributed by atoms with E-state index in [0.29, 0.717) is 24.3 Å². The van der Waals surface area contributed by atoms with Gasteiger partial charge in [-0.15, -0.1) is 0 Å². The van der Waals surface area contributed by atoms with E-state index in [1.807, 2.05) is 55.5 Å². The highest BCUT2D eigenvalue weighted by atomic mass is 32.2. The van der Waals surface area contributed by atoms with Gasteiger partial charge in [-0.1, -0.05) is 24.3 Å². The maximum absolute atomic E-state index is 13.8. The van der Waals surface area contributed by atoms with Crippen LogP contribution >= 0.6 is 0 Å². The van der Waals surface area contributed by atoms with Crippen molar-refractivity contribution in [2.45, 2.75) is 24.7 Å². The number of fused-ring (bicyclic) bond motifs is 2. The molecule has 0 saturated heterocycles. The fraction of sp³-hybridized carbons (Fsp3) is 0.185. The quantitative estimate of drug-likeness (QED) is 0.431. The number of sulfonamides is 1. The Morgan fingerprint density at radius 2 is 1.89 bits per heavy atom. The molecule has 0 bridgehead atoms. The van der Waals surface area contributed by atoms with Gasteiger partial charge in [0.15, 0.2) is 0 Å². The third kappa shape index (κ3) is 4.10. The number of aryl methyl sites for hydroxylation is 2. The summed E-state index contributed by atoms with van der Waals surface area (Å²) in [6.07, 6.45) is 3.24. The highest BCUT2D eigenvalue weighted by molar-refractivity contribution is 7.93. The van der Waals surface area contributed by atoms with Crippen LogP contribution in [0.25, 0.3) is 10.9 Å². The fourth-order valence-corrected chi connectivity index (χ4v) is 6.23. The van der Waals surface area contributed by atoms with Crippen LogP contribution in [-0.4, -0.2) is 33.0 Å². The average molecular weight is 488 g/mol. The Kier molecular flexibility index (Phi) is 5.90. The summed E-state index contributed by atoms with van der Waals surface area (Å²) in [7, 11) is -2.55. The number of hydrogen-bond acceptors (Lipinski definition) is 5. The number of amides is 1. The zero-order valence-electron chi connectivity index (χ0n) is 19.5. The first-order chi connectivity index (χ1) is 16.9. The molecule has 5 rings (SSSR count). The molecule has 7 nitrogen and oxygen atoms in total. The Hall–Kier alpha value is -3.91. The Bertz CT molecular complexity index is 1550. The smallest absolute Gasteiger partial charge is 0.268 e. The second kappa shape index (κ2) is 9.03. The SMILES string of the molecule is COc1ccc(C(=O)Nc2ccc(C)c3ncccc23)cc1S(=O)(=O)N1CCCc2ccccc21. The van der Waals surface area contributed by atoms with Crippen molar-refractivity contribution < 1.29 is 17.9 Å². The number of carbonyl (C=O) groups excluding carboxylic acids is 1. The Balaban J connectivity index is 1.53. The van der Waals surface area contributed by atoms with Crippen molar-refractivity contribution in [3.63, 3.8) is 0 Å². The monoisotopic (exact) mass is 487 g/mol. The first-order valence-corrected chi connectivity index (χ1v) is 12.8. The van der Waals surface area contributed by atoms with Crippen LogP contribution in [0.1, 0.15) is 27.9 Å². The molecule has 1 aliphatic rings. The molecule has 0 radical (unpaired) electrons. The molecule has 8 heteroatoms. The molecule has 1 N–H and O–H groups in total. The fourth-order valence-electron chi connectivity index (χ4n) is 4.50. The standard InChI is InChI=1S/C27H25N3O4S/c1-18-11-13-22(21-9-5-15-28-26(18)21)29-27(31)20-12-14-24(34-2)25(17-20)35(32,33)30-16-6-8-19-7-3-4-10-23(19)30/h3-5,7,9-15,17H,6,8,16H2,1-2H3,(H,29,31). The van der Waals surface area contributed by atoms with Gasteiger partial charge in [-0.25, -0.2) is 8.42 Å². The Labute approximate surface area is 204 Å². The van der Waals surface area contributed by atoms with E-state index in [-0.39, 0.29) is 16.2 Å². The van der Waals surface area contributed by atoms with Crippen LogP contribution in [0.2, 0.25) is 0 Å². The van der Waals surface area contributed by atoms with Crippen molar-refractivity contribution in [2.75, 3.05) is 23.3 Å². The second-order valence-corrected chi connectivity index (χ2v) is 10.3. The third-order valence-electron chi connectivity index (χ3n) is 6.28. The molecule has 178 valence electrons. The van der Waals surface area contributed by atoms with E-state index in [9.17, 15) is 13.2 Å². The van der Waals surface area contributed by atoms with E-state index >= 15 is 0 Å². The number of hydrogen-bond donors (Lipinski definition) is 1. The predicted octanol–water partition coefficient (Wildman–Crippen LogP) is 4.95. The van der Waals surface area contributed by atoms with Gasteiger partial charge < -0.3 is 10.1 Å². The lowest BCUT2D eigenvalue weighted by molar-refractivity contribution is 0.102. The Morgan fingerprint density at radius 3 is 2.71 bits per heavy atom. The van der Waals surface area contributed by atoms with Crippen molar-refractivity contribution >= 4 is 38.2 Å². The summed E-state index contributed by atoms with van der Waals surface area (Å²) in [6.45, 7) is 2.32. The zero-order chi connectivity index (χ0) is 24.6. The lowest BCUT2D eigenvalue weighted by Crippen LogP contribution is -2.35. The molecule has 0 unspecified atom stereocenters. The van der Waals surface area contributed by atoms with E-state index in [2.05, 4.69) is 10.3 Å². The van der Waals surface area contributed by atoms with Crippen LogP contribution < -0.4 is 14.4 Å². The summed E-state index contributed by atoms with van der Waals surface area (Å²) in [4.78, 5) is 17.6. The van der Waals surface area contributed by atoms with E-state index in [0.717, 1.165) is 28.5 Å². The van der Waals surface area contributed by atoms with Gasteiger partial charge in [0.1, 0.15) is 10.6 Å². The number of aromatic nitrogens is 1. The van der Waals surface area contributed by atoms with Crippen LogP contribution in [0.5, 0.6) is 5.75 Å². The summed E-state index contributed by atoms with van der Waals surface area (Å²) >= 11 is 0. The molecule has 0 atom stereocenters. The highest BCUT2D eigenvalue weighted by Crippen LogP contribution is 2.35. The number of pyridine rings is 1. The van der Waals surface area contributed by atoms with Gasteiger partial charge in [-0.3, -0.25) is 14.1 Å². The van der Waals surface area contributed by atoms with Gasteiger partial charge in [-0.05, 0) is 73.4 Å². The van der Waals surface area contributed by atoms with Crippen LogP contribution in [0.15, 0.2) is 77.8 Å². The van der Waals surface area contributed by atoms with Crippen molar-refractivity contribution in [1.29, 1.82) is 0 Å². The topological polar surface area (TPSA) is 88.6 Å². The number of nitrogens with zero attached hydrogens (tertiary/aromatic N) is 2. The molecule has 1 aromatic heterocycles. The average Bonchev–Trinajstić information content (AvgIpc) is 2.89. The first-order valence-electron chi connectivity index (χ1n) is 11.3. The van der Waals surface area contributed by atoms with Crippen molar-refractivity contribution in [2.24, 2.45) is 0 Å². The van der Waals surface area contributed by atoms with E-state index < -0.39 is 15.9 Å². The third-order valence-corrected chi connectivity index (χ3v) is 8.12. The maximum atomic E-state index is 13.8. The number of para-hydroxylation sites is 1. The minimum atomic E-state index is -3.97. The molecule has 0 fully saturated rings. The number of methoxy groups -OCH3 is 1. The van der Waals surface area contributed by atoms with Gasteiger partial charge in [0, 0.05) is 23.7 Å². The minimum Gasteiger partial charge on any atom is -0.495 e. The molecular weight excluding hydrogens is 462 g/mol.